The van der Waals surface area contributed by atoms with Crippen molar-refractivity contribution < 1.29 is 4.42 Å². The van der Waals surface area contributed by atoms with Crippen molar-refractivity contribution in [3.63, 3.8) is 0 Å². The third-order valence-corrected chi connectivity index (χ3v) is 4.58. The smallest absolute Gasteiger partial charge is 0.101 e. The average molecular weight is 426 g/mol. The summed E-state index contributed by atoms with van der Waals surface area (Å²) in [7, 11) is 0. The molecular formula is C27H39NOS. The molecule has 30 heavy (non-hydrogen) atoms. The van der Waals surface area contributed by atoms with Gasteiger partial charge in [-0.3, -0.25) is 0 Å². The fourth-order valence-corrected chi connectivity index (χ4v) is 3.07. The molecule has 0 bridgehead atoms. The second kappa shape index (κ2) is 16.3. The van der Waals surface area contributed by atoms with Crippen LogP contribution in [0.15, 0.2) is 71.1 Å². The van der Waals surface area contributed by atoms with E-state index in [0.29, 0.717) is 0 Å². The number of nitrogens with one attached hydrogen (secondary N) is 1. The summed E-state index contributed by atoms with van der Waals surface area (Å²) in [5, 5.41) is 0. The largest absolute Gasteiger partial charge is 0.467 e. The molecule has 0 unspecified atom stereocenters. The molecule has 0 saturated heterocycles. The maximum absolute atomic E-state index is 5.08. The van der Waals surface area contributed by atoms with Crippen LogP contribution in [0, 0.1) is 48.5 Å². The van der Waals surface area contributed by atoms with Gasteiger partial charge in [0, 0.05) is 21.1 Å². The van der Waals surface area contributed by atoms with Crippen LogP contribution in [0.1, 0.15) is 52.1 Å². The van der Waals surface area contributed by atoms with E-state index in [4.69, 9.17) is 4.42 Å². The van der Waals surface area contributed by atoms with Crippen molar-refractivity contribution in [1.82, 2.24) is 4.98 Å². The van der Waals surface area contributed by atoms with E-state index in [9.17, 15) is 0 Å². The zero-order chi connectivity index (χ0) is 22.9. The zero-order valence-corrected chi connectivity index (χ0v) is 21.0. The highest BCUT2D eigenvalue weighted by Gasteiger charge is 1.86. The van der Waals surface area contributed by atoms with Crippen LogP contribution in [0.3, 0.4) is 0 Å². The van der Waals surface area contributed by atoms with Crippen LogP contribution in [-0.4, -0.2) is 4.98 Å². The molecule has 1 N–H and O–H groups in total. The highest BCUT2D eigenvalue weighted by atomic mass is 32.1. The van der Waals surface area contributed by atoms with Crippen molar-refractivity contribution >= 4 is 11.3 Å². The lowest BCUT2D eigenvalue weighted by Crippen LogP contribution is -1.67. The molecule has 0 aliphatic heterocycles. The molecule has 0 atom stereocenters. The lowest BCUT2D eigenvalue weighted by molar-refractivity contribution is 0.504. The van der Waals surface area contributed by atoms with Gasteiger partial charge in [-0.15, -0.1) is 11.3 Å². The van der Waals surface area contributed by atoms with Crippen LogP contribution in [-0.2, 0) is 0 Å². The van der Waals surface area contributed by atoms with Crippen molar-refractivity contribution in [3.8, 4) is 0 Å². The topological polar surface area (TPSA) is 28.9 Å². The molecule has 1 aromatic carbocycles. The van der Waals surface area contributed by atoms with E-state index in [0.717, 1.165) is 11.5 Å². The SMILES string of the molecule is CC.Cc1ccc(C)[nH]1.Cc1ccc(C)o1.Cc1ccc(C)s1.Cc1ccccc1. The predicted octanol–water partition coefficient (Wildman–Crippen LogP) is 8.91. The summed E-state index contributed by atoms with van der Waals surface area (Å²) >= 11 is 1.84. The number of aryl methyl sites for hydroxylation is 7. The molecule has 2 nitrogen and oxygen atoms in total. The van der Waals surface area contributed by atoms with Crippen LogP contribution in [0.4, 0.5) is 0 Å². The summed E-state index contributed by atoms with van der Waals surface area (Å²) in [5.41, 5.74) is 3.79. The standard InChI is InChI=1S/C7H8.C6H9N.C6H8O.C6H8S.C2H6/c1-7-5-3-2-4-6-7;3*1-5-3-4-6(2)7-5;1-2/h2-6H,1H3;3-4,7H,1-2H3;2*3-4H,1-2H3;1-2H3. The van der Waals surface area contributed by atoms with E-state index >= 15 is 0 Å². The molecule has 0 aliphatic carbocycles. The third kappa shape index (κ3) is 14.5. The highest BCUT2D eigenvalue weighted by Crippen LogP contribution is 2.12. The molecule has 0 amide bonds. The first-order valence-corrected chi connectivity index (χ1v) is 11.3. The van der Waals surface area contributed by atoms with Gasteiger partial charge in [0.15, 0.2) is 0 Å². The molecule has 3 heteroatoms. The third-order valence-electron chi connectivity index (χ3n) is 3.67. The van der Waals surface area contributed by atoms with Gasteiger partial charge in [-0.1, -0.05) is 49.7 Å². The Hall–Kier alpha value is -2.52. The van der Waals surface area contributed by atoms with Gasteiger partial charge in [0.25, 0.3) is 0 Å². The minimum absolute atomic E-state index is 0.984. The molecule has 0 fully saturated rings. The maximum atomic E-state index is 5.08. The minimum atomic E-state index is 0.984. The molecule has 4 aromatic rings. The Labute approximate surface area is 188 Å². The van der Waals surface area contributed by atoms with Crippen LogP contribution >= 0.6 is 11.3 Å². The Bertz CT molecular complexity index is 759. The fraction of sp³-hybridized carbons (Fsp3) is 0.333. The number of thiophene rings is 1. The van der Waals surface area contributed by atoms with Gasteiger partial charge < -0.3 is 9.40 Å². The second-order valence-corrected chi connectivity index (χ2v) is 8.28. The van der Waals surface area contributed by atoms with Crippen molar-refractivity contribution in [2.45, 2.75) is 62.3 Å². The molecule has 3 heterocycles. The van der Waals surface area contributed by atoms with E-state index in [1.54, 1.807) is 0 Å². The molecular weight excluding hydrogens is 386 g/mol. The lowest BCUT2D eigenvalue weighted by atomic mass is 10.2. The Balaban J connectivity index is 0.000000363. The molecule has 3 aromatic heterocycles. The number of aromatic amines is 1. The number of hydrogen-bond acceptors (Lipinski definition) is 2. The molecule has 0 radical (unpaired) electrons. The van der Waals surface area contributed by atoms with Gasteiger partial charge in [0.05, 0.1) is 0 Å². The number of benzene rings is 1. The lowest BCUT2D eigenvalue weighted by Gasteiger charge is -1.82. The number of H-pyrrole nitrogens is 1. The fourth-order valence-electron chi connectivity index (χ4n) is 2.29. The van der Waals surface area contributed by atoms with Gasteiger partial charge in [-0.2, -0.15) is 0 Å². The van der Waals surface area contributed by atoms with E-state index in [2.05, 4.69) is 62.2 Å². The Morgan fingerprint density at radius 2 is 1.00 bits per heavy atom. The Kier molecular flexibility index (Phi) is 14.9. The molecule has 4 rings (SSSR count). The predicted molar refractivity (Wildman–Crippen MR) is 135 cm³/mol. The summed E-state index contributed by atoms with van der Waals surface area (Å²) in [4.78, 5) is 5.94. The van der Waals surface area contributed by atoms with Gasteiger partial charge in [-0.05, 0) is 84.9 Å². The van der Waals surface area contributed by atoms with Crippen molar-refractivity contribution in [1.29, 1.82) is 0 Å². The van der Waals surface area contributed by atoms with Crippen molar-refractivity contribution in [2.75, 3.05) is 0 Å². The number of rotatable bonds is 0. The van der Waals surface area contributed by atoms with E-state index in [1.807, 2.05) is 83.2 Å². The molecule has 0 saturated carbocycles. The van der Waals surface area contributed by atoms with E-state index < -0.39 is 0 Å². The average Bonchev–Trinajstić information content (AvgIpc) is 3.41. The number of furan rings is 1. The summed E-state index contributed by atoms with van der Waals surface area (Å²) in [5.74, 6) is 1.97. The first-order chi connectivity index (χ1) is 14.3. The second-order valence-electron chi connectivity index (χ2n) is 6.79. The van der Waals surface area contributed by atoms with Crippen LogP contribution < -0.4 is 0 Å². The summed E-state index contributed by atoms with van der Waals surface area (Å²) in [6, 6.07) is 22.6. The first kappa shape index (κ1) is 27.5. The molecule has 0 aliphatic rings. The van der Waals surface area contributed by atoms with E-state index in [1.165, 1.54) is 26.7 Å². The van der Waals surface area contributed by atoms with Gasteiger partial charge in [-0.25, -0.2) is 0 Å². The molecule has 164 valence electrons. The van der Waals surface area contributed by atoms with Crippen LogP contribution in [0.25, 0.3) is 0 Å². The van der Waals surface area contributed by atoms with E-state index in [-0.39, 0.29) is 0 Å². The maximum Gasteiger partial charge on any atom is 0.101 e. The van der Waals surface area contributed by atoms with Gasteiger partial charge in [0.2, 0.25) is 0 Å². The minimum Gasteiger partial charge on any atom is -0.467 e. The Morgan fingerprint density at radius 1 is 0.567 bits per heavy atom. The first-order valence-electron chi connectivity index (χ1n) is 10.5. The summed E-state index contributed by atoms with van der Waals surface area (Å²) in [6.07, 6.45) is 0. The zero-order valence-electron chi connectivity index (χ0n) is 20.2. The summed E-state index contributed by atoms with van der Waals surface area (Å²) < 4.78 is 5.08. The number of aromatic nitrogens is 1. The van der Waals surface area contributed by atoms with Crippen LogP contribution in [0.5, 0.6) is 0 Å². The normalized spacial score (nSPS) is 8.83. The number of hydrogen-bond donors (Lipinski definition) is 1. The van der Waals surface area contributed by atoms with Gasteiger partial charge in [0.1, 0.15) is 11.5 Å². The Morgan fingerprint density at radius 3 is 1.17 bits per heavy atom. The van der Waals surface area contributed by atoms with Gasteiger partial charge >= 0.3 is 0 Å². The monoisotopic (exact) mass is 425 g/mol. The highest BCUT2D eigenvalue weighted by molar-refractivity contribution is 7.11. The quantitative estimate of drug-likeness (QED) is 0.299. The van der Waals surface area contributed by atoms with Crippen LogP contribution in [0.2, 0.25) is 0 Å². The summed E-state index contributed by atoms with van der Waals surface area (Å²) in [6.45, 7) is 18.3. The van der Waals surface area contributed by atoms with Crippen molar-refractivity contribution in [2.24, 2.45) is 0 Å². The van der Waals surface area contributed by atoms with Crippen molar-refractivity contribution in [3.05, 3.63) is 105 Å². The molecule has 0 spiro atoms.